The normalized spacial score (nSPS) is 22.7. The summed E-state index contributed by atoms with van der Waals surface area (Å²) >= 11 is 0. The van der Waals surface area contributed by atoms with E-state index in [1.807, 2.05) is 17.8 Å². The Hall–Kier alpha value is -3.85. The number of hydrogen-bond donors (Lipinski definition) is 1. The van der Waals surface area contributed by atoms with E-state index in [9.17, 15) is 13.6 Å². The molecule has 0 aliphatic carbocycles. The Morgan fingerprint density at radius 1 is 1.03 bits per heavy atom. The number of aromatic nitrogens is 4. The summed E-state index contributed by atoms with van der Waals surface area (Å²) in [4.78, 5) is 23.4. The second-order valence-corrected chi connectivity index (χ2v) is 8.96. The standard InChI is InChI=1S/C26H25F2N5O2/c1-17-15-26(33-14-12-24(34)31-33,18-3-5-19(27)6-4-18)22(16-32(17)2)23-11-13-29-25(30-23)35-21-9-7-20(28)8-10-21/h3-14,17,22H,15-16H2,1-2H3,(H,31,34). The van der Waals surface area contributed by atoms with Crippen LogP contribution in [0.3, 0.4) is 0 Å². The van der Waals surface area contributed by atoms with Crippen LogP contribution in [0.5, 0.6) is 11.8 Å². The minimum atomic E-state index is -0.746. The molecule has 5 rings (SSSR count). The molecule has 3 heterocycles. The molecule has 1 saturated heterocycles. The van der Waals surface area contributed by atoms with Gasteiger partial charge in [-0.15, -0.1) is 0 Å². The molecule has 9 heteroatoms. The lowest BCUT2D eigenvalue weighted by Gasteiger charge is -2.50. The van der Waals surface area contributed by atoms with E-state index < -0.39 is 5.54 Å². The molecular formula is C26H25F2N5O2. The quantitative estimate of drug-likeness (QED) is 0.464. The Morgan fingerprint density at radius 3 is 2.37 bits per heavy atom. The molecule has 7 nitrogen and oxygen atoms in total. The Labute approximate surface area is 201 Å². The van der Waals surface area contributed by atoms with Crippen LogP contribution in [0.15, 0.2) is 77.9 Å². The molecule has 0 amide bonds. The van der Waals surface area contributed by atoms with Crippen molar-refractivity contribution < 1.29 is 13.5 Å². The number of ether oxygens (including phenoxy) is 1. The van der Waals surface area contributed by atoms with Gasteiger partial charge in [0.2, 0.25) is 0 Å². The molecule has 0 bridgehead atoms. The molecule has 0 radical (unpaired) electrons. The van der Waals surface area contributed by atoms with Gasteiger partial charge in [0, 0.05) is 37.0 Å². The first-order chi connectivity index (χ1) is 16.8. The van der Waals surface area contributed by atoms with E-state index in [0.29, 0.717) is 24.4 Å². The van der Waals surface area contributed by atoms with Gasteiger partial charge in [-0.2, -0.15) is 4.98 Å². The third-order valence-corrected chi connectivity index (χ3v) is 6.82. The van der Waals surface area contributed by atoms with Gasteiger partial charge >= 0.3 is 6.01 Å². The summed E-state index contributed by atoms with van der Waals surface area (Å²) < 4.78 is 34.8. The minimum Gasteiger partial charge on any atom is -0.424 e. The number of piperidine rings is 1. The first kappa shape index (κ1) is 22.9. The maximum absolute atomic E-state index is 13.9. The lowest BCUT2D eigenvalue weighted by molar-refractivity contribution is 0.0735. The van der Waals surface area contributed by atoms with Crippen molar-refractivity contribution in [2.45, 2.75) is 30.8 Å². The lowest BCUT2D eigenvalue weighted by Crippen LogP contribution is -2.55. The fourth-order valence-corrected chi connectivity index (χ4v) is 4.94. The van der Waals surface area contributed by atoms with Gasteiger partial charge in [-0.05, 0) is 68.4 Å². The third-order valence-electron chi connectivity index (χ3n) is 6.82. The van der Waals surface area contributed by atoms with Crippen molar-refractivity contribution in [1.82, 2.24) is 24.6 Å². The van der Waals surface area contributed by atoms with Gasteiger partial charge < -0.3 is 9.64 Å². The van der Waals surface area contributed by atoms with Crippen molar-refractivity contribution in [3.8, 4) is 11.8 Å². The van der Waals surface area contributed by atoms with E-state index in [1.54, 1.807) is 24.5 Å². The van der Waals surface area contributed by atoms with E-state index in [1.165, 1.54) is 42.5 Å². The predicted octanol–water partition coefficient (Wildman–Crippen LogP) is 4.29. The van der Waals surface area contributed by atoms with Crippen LogP contribution in [0.25, 0.3) is 0 Å². The van der Waals surface area contributed by atoms with E-state index >= 15 is 0 Å². The number of nitrogens with zero attached hydrogens (tertiary/aromatic N) is 4. The van der Waals surface area contributed by atoms with Crippen LogP contribution >= 0.6 is 0 Å². The smallest absolute Gasteiger partial charge is 0.322 e. The number of halogens is 2. The van der Waals surface area contributed by atoms with Gasteiger partial charge in [0.1, 0.15) is 17.4 Å². The number of nitrogens with one attached hydrogen (secondary N) is 1. The van der Waals surface area contributed by atoms with Crippen molar-refractivity contribution in [2.24, 2.45) is 0 Å². The van der Waals surface area contributed by atoms with Gasteiger partial charge in [-0.25, -0.2) is 13.8 Å². The summed E-state index contributed by atoms with van der Waals surface area (Å²) in [5.41, 5.74) is 0.592. The topological polar surface area (TPSA) is 76.0 Å². The molecule has 2 aromatic carbocycles. The average Bonchev–Trinajstić information content (AvgIpc) is 3.29. The predicted molar refractivity (Wildman–Crippen MR) is 126 cm³/mol. The van der Waals surface area contributed by atoms with Crippen molar-refractivity contribution in [3.05, 3.63) is 106 Å². The molecule has 4 aromatic rings. The van der Waals surface area contributed by atoms with Crippen LogP contribution in [0.4, 0.5) is 8.78 Å². The van der Waals surface area contributed by atoms with E-state index in [0.717, 1.165) is 5.56 Å². The Morgan fingerprint density at radius 2 is 1.71 bits per heavy atom. The van der Waals surface area contributed by atoms with Crippen molar-refractivity contribution in [3.63, 3.8) is 0 Å². The SMILES string of the molecule is CC1CC(c2ccc(F)cc2)(n2ccc(=O)[nH]2)C(c2ccnc(Oc3ccc(F)cc3)n2)CN1C. The number of likely N-dealkylation sites (N-methyl/N-ethyl adjacent to an activating group) is 1. The molecule has 1 N–H and O–H groups in total. The highest BCUT2D eigenvalue weighted by atomic mass is 19.1. The van der Waals surface area contributed by atoms with Crippen LogP contribution in [0, 0.1) is 11.6 Å². The maximum atomic E-state index is 13.9. The van der Waals surface area contributed by atoms with Gasteiger partial charge in [-0.3, -0.25) is 14.6 Å². The summed E-state index contributed by atoms with van der Waals surface area (Å²) in [6.07, 6.45) is 3.99. The second-order valence-electron chi connectivity index (χ2n) is 8.96. The molecule has 0 saturated carbocycles. The Bertz CT molecular complexity index is 1370. The molecule has 3 unspecified atom stereocenters. The lowest BCUT2D eigenvalue weighted by atomic mass is 9.69. The van der Waals surface area contributed by atoms with E-state index in [4.69, 9.17) is 9.72 Å². The maximum Gasteiger partial charge on any atom is 0.322 e. The Balaban J connectivity index is 1.64. The third kappa shape index (κ3) is 4.35. The first-order valence-corrected chi connectivity index (χ1v) is 11.4. The second kappa shape index (κ2) is 9.07. The zero-order valence-corrected chi connectivity index (χ0v) is 19.4. The summed E-state index contributed by atoms with van der Waals surface area (Å²) in [6.45, 7) is 2.74. The monoisotopic (exact) mass is 477 g/mol. The number of hydrogen-bond acceptors (Lipinski definition) is 5. The van der Waals surface area contributed by atoms with Crippen LogP contribution in [-0.2, 0) is 5.54 Å². The minimum absolute atomic E-state index is 0.129. The van der Waals surface area contributed by atoms with Gasteiger partial charge in [0.15, 0.2) is 0 Å². The van der Waals surface area contributed by atoms with Gasteiger partial charge in [0.25, 0.3) is 5.56 Å². The van der Waals surface area contributed by atoms with E-state index in [-0.39, 0.29) is 35.2 Å². The number of H-pyrrole nitrogens is 1. The van der Waals surface area contributed by atoms with Gasteiger partial charge in [0.05, 0.1) is 11.2 Å². The van der Waals surface area contributed by atoms with Crippen LogP contribution < -0.4 is 10.3 Å². The average molecular weight is 478 g/mol. The fourth-order valence-electron chi connectivity index (χ4n) is 4.94. The highest BCUT2D eigenvalue weighted by molar-refractivity contribution is 5.35. The molecule has 1 aliphatic heterocycles. The largest absolute Gasteiger partial charge is 0.424 e. The highest BCUT2D eigenvalue weighted by Gasteiger charge is 2.49. The molecule has 3 atom stereocenters. The zero-order valence-electron chi connectivity index (χ0n) is 19.4. The van der Waals surface area contributed by atoms with Crippen molar-refractivity contribution in [1.29, 1.82) is 0 Å². The molecule has 1 fully saturated rings. The summed E-state index contributed by atoms with van der Waals surface area (Å²) in [5.74, 6) is -0.524. The number of aromatic amines is 1. The van der Waals surface area contributed by atoms with Crippen molar-refractivity contribution >= 4 is 0 Å². The van der Waals surface area contributed by atoms with Crippen LogP contribution in [-0.4, -0.2) is 44.3 Å². The fraction of sp³-hybridized carbons (Fsp3) is 0.269. The molecule has 1 aliphatic rings. The van der Waals surface area contributed by atoms with Crippen LogP contribution in [0.1, 0.15) is 30.5 Å². The Kier molecular flexibility index (Phi) is 5.94. The molecule has 35 heavy (non-hydrogen) atoms. The highest BCUT2D eigenvalue weighted by Crippen LogP contribution is 2.47. The van der Waals surface area contributed by atoms with Gasteiger partial charge in [-0.1, -0.05) is 12.1 Å². The van der Waals surface area contributed by atoms with Crippen LogP contribution in [0.2, 0.25) is 0 Å². The molecule has 180 valence electrons. The summed E-state index contributed by atoms with van der Waals surface area (Å²) in [7, 11) is 2.04. The summed E-state index contributed by atoms with van der Waals surface area (Å²) in [6, 6.07) is 15.6. The van der Waals surface area contributed by atoms with E-state index in [2.05, 4.69) is 21.9 Å². The number of likely N-dealkylation sites (tertiary alicyclic amines) is 1. The first-order valence-electron chi connectivity index (χ1n) is 11.4. The van der Waals surface area contributed by atoms with Crippen molar-refractivity contribution in [2.75, 3.05) is 13.6 Å². The molecular weight excluding hydrogens is 452 g/mol. The number of benzene rings is 2. The number of rotatable bonds is 5. The zero-order chi connectivity index (χ0) is 24.6. The molecule has 2 aromatic heterocycles. The summed E-state index contributed by atoms with van der Waals surface area (Å²) in [5, 5.41) is 2.93. The molecule has 0 spiro atoms.